The molecule has 2 atom stereocenters. The van der Waals surface area contributed by atoms with Crippen molar-refractivity contribution < 1.29 is 9.59 Å². The molecule has 2 amide bonds. The number of carbonyl (C=O) groups is 2. The Morgan fingerprint density at radius 2 is 2.00 bits per heavy atom. The summed E-state index contributed by atoms with van der Waals surface area (Å²) in [6.45, 7) is 1.78. The van der Waals surface area contributed by atoms with E-state index in [4.69, 9.17) is 0 Å². The maximum atomic E-state index is 12.8. The molecule has 26 heavy (non-hydrogen) atoms. The molecule has 140 valence electrons. The molecule has 1 aliphatic rings. The zero-order valence-corrected chi connectivity index (χ0v) is 16.1. The fourth-order valence-electron chi connectivity index (χ4n) is 2.97. The first kappa shape index (κ1) is 20.4. The van der Waals surface area contributed by atoms with Gasteiger partial charge in [0.1, 0.15) is 6.04 Å². The van der Waals surface area contributed by atoms with Crippen molar-refractivity contribution in [1.82, 2.24) is 16.0 Å². The van der Waals surface area contributed by atoms with Crippen LogP contribution in [0.3, 0.4) is 0 Å². The summed E-state index contributed by atoms with van der Waals surface area (Å²) in [7, 11) is 0. The summed E-state index contributed by atoms with van der Waals surface area (Å²) >= 11 is 1.37. The number of piperidine rings is 1. The lowest BCUT2D eigenvalue weighted by Crippen LogP contribution is -2.53. The van der Waals surface area contributed by atoms with Crippen LogP contribution in [0.2, 0.25) is 0 Å². The van der Waals surface area contributed by atoms with E-state index in [-0.39, 0.29) is 30.3 Å². The molecule has 7 heteroatoms. The molecule has 0 bridgehead atoms. The van der Waals surface area contributed by atoms with Gasteiger partial charge in [0.15, 0.2) is 0 Å². The Morgan fingerprint density at radius 3 is 2.65 bits per heavy atom. The lowest BCUT2D eigenvalue weighted by molar-refractivity contribution is -0.123. The highest BCUT2D eigenvalue weighted by Gasteiger charge is 2.25. The van der Waals surface area contributed by atoms with Gasteiger partial charge in [0.2, 0.25) is 5.91 Å². The third kappa shape index (κ3) is 5.83. The fraction of sp³-hybridized carbons (Fsp3) is 0.368. The monoisotopic (exact) mass is 393 g/mol. The highest BCUT2D eigenvalue weighted by Crippen LogP contribution is 2.10. The van der Waals surface area contributed by atoms with Crippen LogP contribution in [0.1, 0.15) is 28.1 Å². The van der Waals surface area contributed by atoms with Crippen LogP contribution < -0.4 is 16.0 Å². The maximum absolute atomic E-state index is 12.8. The Morgan fingerprint density at radius 1 is 1.19 bits per heavy atom. The van der Waals surface area contributed by atoms with E-state index >= 15 is 0 Å². The number of benzene rings is 1. The van der Waals surface area contributed by atoms with E-state index < -0.39 is 6.04 Å². The molecular weight excluding hydrogens is 370 g/mol. The number of nitrogens with one attached hydrogen (secondary N) is 3. The second-order valence-electron chi connectivity index (χ2n) is 6.24. The van der Waals surface area contributed by atoms with Crippen molar-refractivity contribution in [2.75, 3.05) is 13.1 Å². The Hall–Kier alpha value is -1.89. The first-order valence-corrected chi connectivity index (χ1v) is 9.50. The van der Waals surface area contributed by atoms with Gasteiger partial charge < -0.3 is 16.0 Å². The topological polar surface area (TPSA) is 70.2 Å². The summed E-state index contributed by atoms with van der Waals surface area (Å²) in [6.07, 6.45) is 2.50. The molecule has 3 rings (SSSR count). The Kier molecular flexibility index (Phi) is 8.09. The molecule has 1 unspecified atom stereocenters. The van der Waals surface area contributed by atoms with Crippen molar-refractivity contribution in [3.8, 4) is 0 Å². The standard InChI is InChI=1S/C19H23N3O2S.ClH/c23-18(21-15-8-4-10-20-13-15)16(12-14-6-2-1-3-7-14)22-19(24)17-9-5-11-25-17;/h1-3,5-7,9,11,15-16,20H,4,8,10,12-13H2,(H,21,23)(H,22,24);1H/t15-,16?;/m0./s1. The molecular formula is C19H24ClN3O2S. The number of thiophene rings is 1. The van der Waals surface area contributed by atoms with Gasteiger partial charge in [0.25, 0.3) is 5.91 Å². The van der Waals surface area contributed by atoms with Gasteiger partial charge in [-0.05, 0) is 36.4 Å². The number of hydrogen-bond acceptors (Lipinski definition) is 4. The molecule has 0 aliphatic carbocycles. The molecule has 1 aliphatic heterocycles. The van der Waals surface area contributed by atoms with Crippen LogP contribution in [0.25, 0.3) is 0 Å². The summed E-state index contributed by atoms with van der Waals surface area (Å²) < 4.78 is 0. The average molecular weight is 394 g/mol. The largest absolute Gasteiger partial charge is 0.350 e. The predicted octanol–water partition coefficient (Wildman–Crippen LogP) is 2.38. The quantitative estimate of drug-likeness (QED) is 0.705. The van der Waals surface area contributed by atoms with Crippen molar-refractivity contribution in [1.29, 1.82) is 0 Å². The van der Waals surface area contributed by atoms with E-state index in [1.54, 1.807) is 6.07 Å². The first-order chi connectivity index (χ1) is 12.2. The van der Waals surface area contributed by atoms with Crippen molar-refractivity contribution in [2.45, 2.75) is 31.3 Å². The Bertz CT molecular complexity index is 688. The minimum Gasteiger partial charge on any atom is -0.350 e. The van der Waals surface area contributed by atoms with E-state index in [2.05, 4.69) is 16.0 Å². The smallest absolute Gasteiger partial charge is 0.262 e. The van der Waals surface area contributed by atoms with Crippen molar-refractivity contribution in [3.05, 3.63) is 58.3 Å². The van der Waals surface area contributed by atoms with Crippen LogP contribution in [0.5, 0.6) is 0 Å². The van der Waals surface area contributed by atoms with Gasteiger partial charge in [-0.3, -0.25) is 9.59 Å². The Balaban J connectivity index is 0.00000243. The van der Waals surface area contributed by atoms with Gasteiger partial charge in [-0.15, -0.1) is 23.7 Å². The molecule has 1 saturated heterocycles. The average Bonchev–Trinajstić information content (AvgIpc) is 3.18. The molecule has 5 nitrogen and oxygen atoms in total. The van der Waals surface area contributed by atoms with Crippen molar-refractivity contribution in [2.24, 2.45) is 0 Å². The minimum absolute atomic E-state index is 0. The van der Waals surface area contributed by atoms with Crippen LogP contribution in [-0.2, 0) is 11.2 Å². The van der Waals surface area contributed by atoms with Crippen molar-refractivity contribution >= 4 is 35.6 Å². The van der Waals surface area contributed by atoms with Gasteiger partial charge in [0, 0.05) is 19.0 Å². The summed E-state index contributed by atoms with van der Waals surface area (Å²) in [5.74, 6) is -0.324. The summed E-state index contributed by atoms with van der Waals surface area (Å²) in [4.78, 5) is 25.8. The van der Waals surface area contributed by atoms with E-state index in [0.717, 1.165) is 31.5 Å². The van der Waals surface area contributed by atoms with E-state index in [1.807, 2.05) is 41.8 Å². The fourth-order valence-corrected chi connectivity index (χ4v) is 3.60. The van der Waals surface area contributed by atoms with Gasteiger partial charge in [-0.25, -0.2) is 0 Å². The normalized spacial score (nSPS) is 17.6. The molecule has 1 aromatic carbocycles. The maximum Gasteiger partial charge on any atom is 0.262 e. The zero-order valence-electron chi connectivity index (χ0n) is 14.4. The lowest BCUT2D eigenvalue weighted by Gasteiger charge is -2.26. The second kappa shape index (κ2) is 10.3. The molecule has 3 N–H and O–H groups in total. The Labute approximate surface area is 164 Å². The molecule has 0 radical (unpaired) electrons. The number of rotatable bonds is 6. The van der Waals surface area contributed by atoms with Crippen LogP contribution in [0, 0.1) is 0 Å². The molecule has 2 heterocycles. The highest BCUT2D eigenvalue weighted by atomic mass is 35.5. The van der Waals surface area contributed by atoms with E-state index in [1.165, 1.54) is 11.3 Å². The zero-order chi connectivity index (χ0) is 17.5. The molecule has 1 fully saturated rings. The third-order valence-electron chi connectivity index (χ3n) is 4.29. The van der Waals surface area contributed by atoms with Crippen LogP contribution in [0.15, 0.2) is 47.8 Å². The van der Waals surface area contributed by atoms with Gasteiger partial charge in [0.05, 0.1) is 4.88 Å². The summed E-state index contributed by atoms with van der Waals surface area (Å²) in [6, 6.07) is 12.9. The molecule has 0 saturated carbocycles. The highest BCUT2D eigenvalue weighted by molar-refractivity contribution is 7.12. The van der Waals surface area contributed by atoms with Crippen molar-refractivity contribution in [3.63, 3.8) is 0 Å². The summed E-state index contributed by atoms with van der Waals surface area (Å²) in [5, 5.41) is 11.1. The number of hydrogen-bond donors (Lipinski definition) is 3. The SMILES string of the molecule is Cl.O=C(NC(Cc1ccccc1)C(=O)N[C@H]1CCCNC1)c1cccs1. The van der Waals surface area contributed by atoms with Crippen LogP contribution >= 0.6 is 23.7 Å². The van der Waals surface area contributed by atoms with Crippen LogP contribution in [0.4, 0.5) is 0 Å². The minimum atomic E-state index is -0.584. The first-order valence-electron chi connectivity index (χ1n) is 8.62. The predicted molar refractivity (Wildman–Crippen MR) is 107 cm³/mol. The second-order valence-corrected chi connectivity index (χ2v) is 7.19. The van der Waals surface area contributed by atoms with E-state index in [0.29, 0.717) is 11.3 Å². The summed E-state index contributed by atoms with van der Waals surface area (Å²) in [5.41, 5.74) is 1.02. The third-order valence-corrected chi connectivity index (χ3v) is 5.16. The molecule has 2 aromatic rings. The van der Waals surface area contributed by atoms with Gasteiger partial charge in [-0.1, -0.05) is 36.4 Å². The number of carbonyl (C=O) groups excluding carboxylic acids is 2. The number of halogens is 1. The number of amides is 2. The van der Waals surface area contributed by atoms with E-state index in [9.17, 15) is 9.59 Å². The van der Waals surface area contributed by atoms with Crippen LogP contribution in [-0.4, -0.2) is 37.0 Å². The molecule has 1 aromatic heterocycles. The van der Waals surface area contributed by atoms with Gasteiger partial charge >= 0.3 is 0 Å². The lowest BCUT2D eigenvalue weighted by atomic mass is 10.0. The molecule has 0 spiro atoms. The van der Waals surface area contributed by atoms with Gasteiger partial charge in [-0.2, -0.15) is 0 Å².